The van der Waals surface area contributed by atoms with E-state index in [1.807, 2.05) is 60.7 Å². The Hall–Kier alpha value is -0.527. The van der Waals surface area contributed by atoms with Crippen LogP contribution in [0.5, 0.6) is 0 Å². The molecule has 2 rings (SSSR count). The van der Waals surface area contributed by atoms with Gasteiger partial charge in [0.05, 0.1) is 13.2 Å². The van der Waals surface area contributed by atoms with Gasteiger partial charge in [0.2, 0.25) is 0 Å². The minimum absolute atomic E-state index is 0. The molecule has 0 heterocycles. The van der Waals surface area contributed by atoms with Gasteiger partial charge >= 0.3 is 26.2 Å². The topological polar surface area (TPSA) is 35.5 Å². The first-order chi connectivity index (χ1) is 12.6. The number of unbranched alkanes of at least 4 members (excludes halogenated alkanes) is 1. The Morgan fingerprint density at radius 3 is 1.67 bits per heavy atom. The van der Waals surface area contributed by atoms with E-state index in [4.69, 9.17) is 9.05 Å². The van der Waals surface area contributed by atoms with Crippen LogP contribution in [0, 0.1) is 12.7 Å². The van der Waals surface area contributed by atoms with Crippen LogP contribution in [0.4, 0.5) is 0 Å². The Balaban J connectivity index is 0. The number of hydrogen-bond acceptors (Lipinski definition) is 3. The molecule has 0 saturated heterocycles. The first-order valence-electron chi connectivity index (χ1n) is 9.26. The normalized spacial score (nSPS) is 10.7. The van der Waals surface area contributed by atoms with Gasteiger partial charge in [0, 0.05) is 0 Å². The van der Waals surface area contributed by atoms with Gasteiger partial charge in [-0.3, -0.25) is 10.1 Å². The minimum Gasteiger partial charge on any atom is -0.374 e. The SMILES string of the molecule is [CH2-]CC(=[C-]P(=O)(OCC)OCC)CCCC.[Zr+4].c1cc[cH-]c1.c1cc[cH-]c1. The first-order valence-corrected chi connectivity index (χ1v) is 10.8. The van der Waals surface area contributed by atoms with E-state index in [0.717, 1.165) is 24.8 Å². The van der Waals surface area contributed by atoms with E-state index in [9.17, 15) is 4.57 Å². The zero-order chi connectivity index (χ0) is 19.5. The van der Waals surface area contributed by atoms with E-state index in [2.05, 4.69) is 19.7 Å². The third kappa shape index (κ3) is 17.3. The summed E-state index contributed by atoms with van der Waals surface area (Å²) >= 11 is 0. The molecule has 0 aromatic heterocycles. The predicted octanol–water partition coefficient (Wildman–Crippen LogP) is 7.16. The number of allylic oxidation sites excluding steroid dienone is 1. The van der Waals surface area contributed by atoms with Crippen LogP contribution in [0.1, 0.15) is 46.5 Å². The molecule has 0 amide bonds. The summed E-state index contributed by atoms with van der Waals surface area (Å²) in [6.45, 7) is 10.2. The fourth-order valence-corrected chi connectivity index (χ4v) is 3.40. The Labute approximate surface area is 185 Å². The van der Waals surface area contributed by atoms with Crippen LogP contribution in [0.3, 0.4) is 0 Å². The Morgan fingerprint density at radius 2 is 1.41 bits per heavy atom. The molecule has 0 aliphatic heterocycles. The maximum Gasteiger partial charge on any atom is 4.00 e. The summed E-state index contributed by atoms with van der Waals surface area (Å²) in [5.41, 5.74) is 0.937. The molecule has 0 atom stereocenters. The summed E-state index contributed by atoms with van der Waals surface area (Å²) in [7, 11) is -3.16. The largest absolute Gasteiger partial charge is 4.00 e. The Kier molecular flexibility index (Phi) is 21.5. The minimum atomic E-state index is -3.16. The van der Waals surface area contributed by atoms with Gasteiger partial charge in [0.15, 0.2) is 7.60 Å². The summed E-state index contributed by atoms with van der Waals surface area (Å²) in [6.07, 6.45) is 3.61. The van der Waals surface area contributed by atoms with Crippen LogP contribution < -0.4 is 0 Å². The van der Waals surface area contributed by atoms with E-state index < -0.39 is 7.60 Å². The molecular formula is C22H33O3PZr. The zero-order valence-electron chi connectivity index (χ0n) is 16.9. The van der Waals surface area contributed by atoms with Crippen molar-refractivity contribution < 1.29 is 39.8 Å². The predicted molar refractivity (Wildman–Crippen MR) is 111 cm³/mol. The van der Waals surface area contributed by atoms with E-state index in [1.165, 1.54) is 0 Å². The second kappa shape index (κ2) is 20.2. The van der Waals surface area contributed by atoms with Crippen molar-refractivity contribution >= 4 is 7.60 Å². The molecule has 0 spiro atoms. The number of rotatable bonds is 9. The van der Waals surface area contributed by atoms with Crippen LogP contribution in [0.15, 0.2) is 66.2 Å². The van der Waals surface area contributed by atoms with E-state index >= 15 is 0 Å². The molecule has 2 aromatic rings. The van der Waals surface area contributed by atoms with Gasteiger partial charge in [-0.2, -0.15) is 42.8 Å². The maximum absolute atomic E-state index is 12.1. The van der Waals surface area contributed by atoms with Crippen LogP contribution in [0.25, 0.3) is 0 Å². The molecule has 0 saturated carbocycles. The summed E-state index contributed by atoms with van der Waals surface area (Å²) < 4.78 is 22.5. The average Bonchev–Trinajstić information content (AvgIpc) is 3.37. The molecule has 0 radical (unpaired) electrons. The van der Waals surface area contributed by atoms with Gasteiger partial charge in [0.1, 0.15) is 0 Å². The average molecular weight is 468 g/mol. The maximum atomic E-state index is 12.1. The van der Waals surface area contributed by atoms with Gasteiger partial charge in [-0.25, -0.2) is 24.3 Å². The summed E-state index contributed by atoms with van der Waals surface area (Å²) in [5.74, 6) is 2.88. The van der Waals surface area contributed by atoms with Gasteiger partial charge in [-0.1, -0.05) is 26.2 Å². The molecular weight excluding hydrogens is 434 g/mol. The molecule has 0 aliphatic rings. The second-order valence-electron chi connectivity index (χ2n) is 5.33. The van der Waals surface area contributed by atoms with Crippen LogP contribution in [-0.2, 0) is 39.8 Å². The van der Waals surface area contributed by atoms with Crippen LogP contribution >= 0.6 is 7.60 Å². The van der Waals surface area contributed by atoms with Gasteiger partial charge in [0.25, 0.3) is 0 Å². The van der Waals surface area contributed by atoms with Crippen molar-refractivity contribution in [3.63, 3.8) is 0 Å². The summed E-state index contributed by atoms with van der Waals surface area (Å²) in [5, 5.41) is 0. The molecule has 27 heavy (non-hydrogen) atoms. The quantitative estimate of drug-likeness (QED) is 0.290. The molecule has 2 aromatic carbocycles. The Morgan fingerprint density at radius 1 is 0.963 bits per heavy atom. The summed E-state index contributed by atoms with van der Waals surface area (Å²) in [4.78, 5) is 0. The van der Waals surface area contributed by atoms with Gasteiger partial charge in [-0.05, 0) is 13.8 Å². The van der Waals surface area contributed by atoms with Crippen molar-refractivity contribution in [3.8, 4) is 0 Å². The summed E-state index contributed by atoms with van der Waals surface area (Å²) in [6, 6.07) is 20.0. The molecule has 5 heteroatoms. The zero-order valence-corrected chi connectivity index (χ0v) is 20.2. The Bertz CT molecular complexity index is 492. The van der Waals surface area contributed by atoms with Crippen LogP contribution in [0.2, 0.25) is 0 Å². The van der Waals surface area contributed by atoms with Crippen molar-refractivity contribution in [2.24, 2.45) is 0 Å². The second-order valence-corrected chi connectivity index (χ2v) is 7.06. The molecule has 148 valence electrons. The fraction of sp³-hybridized carbons (Fsp3) is 0.409. The fourth-order valence-electron chi connectivity index (χ4n) is 1.90. The van der Waals surface area contributed by atoms with Crippen LogP contribution in [-0.4, -0.2) is 13.2 Å². The third-order valence-electron chi connectivity index (χ3n) is 3.14. The van der Waals surface area contributed by atoms with Crippen molar-refractivity contribution in [3.05, 3.63) is 79.0 Å². The van der Waals surface area contributed by atoms with Gasteiger partial charge < -0.3 is 21.8 Å². The third-order valence-corrected chi connectivity index (χ3v) is 4.92. The molecule has 0 unspecified atom stereocenters. The molecule has 0 N–H and O–H groups in total. The smallest absolute Gasteiger partial charge is 0.374 e. The van der Waals surface area contributed by atoms with Crippen molar-refractivity contribution in [1.29, 1.82) is 0 Å². The first kappa shape index (κ1) is 28.7. The van der Waals surface area contributed by atoms with E-state index in [0.29, 0.717) is 19.6 Å². The van der Waals surface area contributed by atoms with Crippen molar-refractivity contribution in [2.45, 2.75) is 46.5 Å². The molecule has 0 fully saturated rings. The monoisotopic (exact) mass is 466 g/mol. The standard InChI is InChI=1S/C12H23O3P.2C5H5.Zr/c1-5-9-10-12(6-2)11-16(13,14-7-3)15-8-4;2*1-2-4-5-3-1;/h2,5-10H2,1,3-4H3;2*1-5H;/q-2;2*-1;+4. The molecule has 0 aliphatic carbocycles. The van der Waals surface area contributed by atoms with E-state index in [-0.39, 0.29) is 26.2 Å². The van der Waals surface area contributed by atoms with Gasteiger partial charge in [-0.15, -0.1) is 0 Å². The van der Waals surface area contributed by atoms with Crippen molar-refractivity contribution in [1.82, 2.24) is 0 Å². The van der Waals surface area contributed by atoms with E-state index in [1.54, 1.807) is 13.8 Å². The van der Waals surface area contributed by atoms with Crippen molar-refractivity contribution in [2.75, 3.05) is 13.2 Å². The molecule has 3 nitrogen and oxygen atoms in total. The number of hydrogen-bond donors (Lipinski definition) is 0. The molecule has 0 bridgehead atoms.